The van der Waals surface area contributed by atoms with Crippen molar-refractivity contribution >= 4 is 12.2 Å². The van der Waals surface area contributed by atoms with Crippen LogP contribution in [-0.2, 0) is 0 Å². The lowest BCUT2D eigenvalue weighted by Gasteiger charge is -2.04. The predicted molar refractivity (Wildman–Crippen MR) is 91.4 cm³/mol. The van der Waals surface area contributed by atoms with E-state index in [1.165, 1.54) is 0 Å². The number of hydrogen-bond donors (Lipinski definition) is 1. The first kappa shape index (κ1) is 14.6. The maximum atomic E-state index is 9.93. The van der Waals surface area contributed by atoms with Crippen molar-refractivity contribution in [1.29, 1.82) is 5.26 Å². The summed E-state index contributed by atoms with van der Waals surface area (Å²) >= 11 is 0. The van der Waals surface area contributed by atoms with Gasteiger partial charge in [0.15, 0.2) is 0 Å². The van der Waals surface area contributed by atoms with E-state index in [9.17, 15) is 5.11 Å². The average molecular weight is 298 g/mol. The van der Waals surface area contributed by atoms with Crippen molar-refractivity contribution in [2.75, 3.05) is 0 Å². The lowest BCUT2D eigenvalue weighted by Crippen LogP contribution is -1.85. The van der Waals surface area contributed by atoms with Gasteiger partial charge in [0.1, 0.15) is 5.75 Å². The lowest BCUT2D eigenvalue weighted by atomic mass is 10.1. The summed E-state index contributed by atoms with van der Waals surface area (Å²) in [7, 11) is 0. The van der Waals surface area contributed by atoms with Crippen LogP contribution in [0, 0.1) is 11.3 Å². The molecule has 3 heteroatoms. The Balaban J connectivity index is 1.87. The largest absolute Gasteiger partial charge is 0.507 e. The first-order valence-corrected chi connectivity index (χ1v) is 7.19. The number of benzene rings is 2. The molecule has 2 aromatic carbocycles. The molecule has 1 N–H and O–H groups in total. The number of hydrogen-bond acceptors (Lipinski definition) is 3. The Morgan fingerprint density at radius 2 is 1.65 bits per heavy atom. The van der Waals surface area contributed by atoms with Crippen LogP contribution in [0.5, 0.6) is 5.75 Å². The molecule has 3 rings (SSSR count). The molecule has 0 saturated heterocycles. The highest BCUT2D eigenvalue weighted by Crippen LogP contribution is 2.27. The topological polar surface area (TPSA) is 56.9 Å². The zero-order valence-corrected chi connectivity index (χ0v) is 12.3. The van der Waals surface area contributed by atoms with Crippen molar-refractivity contribution in [2.24, 2.45) is 0 Å². The number of nitriles is 1. The SMILES string of the molecule is N#Cc1ccc(/C=C/c2ccnc(-c3ccccc3O)c2)cc1. The number of para-hydroxylation sites is 1. The highest BCUT2D eigenvalue weighted by Gasteiger charge is 2.04. The molecule has 110 valence electrons. The fourth-order valence-corrected chi connectivity index (χ4v) is 2.25. The van der Waals surface area contributed by atoms with Gasteiger partial charge in [-0.1, -0.05) is 36.4 Å². The number of pyridine rings is 1. The van der Waals surface area contributed by atoms with Gasteiger partial charge in [-0.2, -0.15) is 5.26 Å². The normalized spacial score (nSPS) is 10.6. The summed E-state index contributed by atoms with van der Waals surface area (Å²) in [6, 6.07) is 20.5. The van der Waals surface area contributed by atoms with E-state index in [1.54, 1.807) is 30.5 Å². The Labute approximate surface area is 134 Å². The molecule has 0 aliphatic rings. The Bertz CT molecular complexity index is 890. The van der Waals surface area contributed by atoms with E-state index in [0.29, 0.717) is 11.1 Å². The van der Waals surface area contributed by atoms with Crippen LogP contribution in [0.25, 0.3) is 23.4 Å². The molecule has 0 atom stereocenters. The second kappa shape index (κ2) is 6.59. The van der Waals surface area contributed by atoms with Crippen LogP contribution in [0.15, 0.2) is 66.9 Å². The van der Waals surface area contributed by atoms with Gasteiger partial charge in [-0.25, -0.2) is 0 Å². The van der Waals surface area contributed by atoms with E-state index in [1.807, 2.05) is 48.6 Å². The van der Waals surface area contributed by atoms with Gasteiger partial charge < -0.3 is 5.11 Å². The summed E-state index contributed by atoms with van der Waals surface area (Å²) in [4.78, 5) is 4.32. The molecule has 0 radical (unpaired) electrons. The highest BCUT2D eigenvalue weighted by atomic mass is 16.3. The molecule has 3 nitrogen and oxygen atoms in total. The van der Waals surface area contributed by atoms with Crippen molar-refractivity contribution in [3.8, 4) is 23.1 Å². The fourth-order valence-electron chi connectivity index (χ4n) is 2.25. The third kappa shape index (κ3) is 3.45. The van der Waals surface area contributed by atoms with Gasteiger partial charge in [-0.15, -0.1) is 0 Å². The van der Waals surface area contributed by atoms with E-state index >= 15 is 0 Å². The number of aromatic nitrogens is 1. The third-order valence-electron chi connectivity index (χ3n) is 3.47. The summed E-state index contributed by atoms with van der Waals surface area (Å²) in [5, 5.41) is 18.7. The molecule has 0 saturated carbocycles. The maximum absolute atomic E-state index is 9.93. The molecule has 0 aliphatic carbocycles. The number of rotatable bonds is 3. The van der Waals surface area contributed by atoms with Gasteiger partial charge in [-0.05, 0) is 47.5 Å². The molecular formula is C20H14N2O. The van der Waals surface area contributed by atoms with Gasteiger partial charge in [0.25, 0.3) is 0 Å². The number of aromatic hydroxyl groups is 1. The number of phenolic OH excluding ortho intramolecular Hbond substituents is 1. The van der Waals surface area contributed by atoms with Gasteiger partial charge in [-0.3, -0.25) is 4.98 Å². The third-order valence-corrected chi connectivity index (χ3v) is 3.47. The zero-order chi connectivity index (χ0) is 16.1. The first-order valence-electron chi connectivity index (χ1n) is 7.19. The second-order valence-corrected chi connectivity index (χ2v) is 5.06. The standard InChI is InChI=1S/C20H14N2O/c21-14-17-9-6-15(7-10-17)5-8-16-11-12-22-19(13-16)18-3-1-2-4-20(18)23/h1-13,23H/b8-5+. The average Bonchev–Trinajstić information content (AvgIpc) is 2.61. The van der Waals surface area contributed by atoms with Crippen molar-refractivity contribution < 1.29 is 5.11 Å². The molecular weight excluding hydrogens is 284 g/mol. The highest BCUT2D eigenvalue weighted by molar-refractivity contribution is 5.74. The Morgan fingerprint density at radius 3 is 2.39 bits per heavy atom. The molecule has 3 aromatic rings. The summed E-state index contributed by atoms with van der Waals surface area (Å²) < 4.78 is 0. The Hall–Kier alpha value is -3.38. The van der Waals surface area contributed by atoms with Gasteiger partial charge in [0.05, 0.1) is 17.3 Å². The van der Waals surface area contributed by atoms with E-state index < -0.39 is 0 Å². The summed E-state index contributed by atoms with van der Waals surface area (Å²) in [5.74, 6) is 0.216. The maximum Gasteiger partial charge on any atom is 0.124 e. The monoisotopic (exact) mass is 298 g/mol. The molecule has 0 aliphatic heterocycles. The second-order valence-electron chi connectivity index (χ2n) is 5.06. The van der Waals surface area contributed by atoms with E-state index in [0.717, 1.165) is 16.8 Å². The van der Waals surface area contributed by atoms with Gasteiger partial charge in [0.2, 0.25) is 0 Å². The van der Waals surface area contributed by atoms with Crippen LogP contribution in [0.4, 0.5) is 0 Å². The lowest BCUT2D eigenvalue weighted by molar-refractivity contribution is 0.477. The molecule has 0 fully saturated rings. The molecule has 1 heterocycles. The van der Waals surface area contributed by atoms with Crippen LogP contribution in [-0.4, -0.2) is 10.1 Å². The molecule has 1 aromatic heterocycles. The van der Waals surface area contributed by atoms with Gasteiger partial charge in [0, 0.05) is 11.8 Å². The minimum atomic E-state index is 0.216. The van der Waals surface area contributed by atoms with Crippen molar-refractivity contribution in [1.82, 2.24) is 4.98 Å². The van der Waals surface area contributed by atoms with E-state index in [4.69, 9.17) is 5.26 Å². The number of phenols is 1. The molecule has 0 amide bonds. The van der Waals surface area contributed by atoms with Crippen LogP contribution < -0.4 is 0 Å². The Kier molecular flexibility index (Phi) is 4.17. The predicted octanol–water partition coefficient (Wildman–Crippen LogP) is 4.50. The quantitative estimate of drug-likeness (QED) is 0.774. The summed E-state index contributed by atoms with van der Waals surface area (Å²) in [5.41, 5.74) is 4.09. The van der Waals surface area contributed by atoms with E-state index in [-0.39, 0.29) is 5.75 Å². The van der Waals surface area contributed by atoms with Crippen LogP contribution in [0.2, 0.25) is 0 Å². The molecule has 0 bridgehead atoms. The van der Waals surface area contributed by atoms with Crippen molar-refractivity contribution in [2.45, 2.75) is 0 Å². The first-order chi connectivity index (χ1) is 11.3. The van der Waals surface area contributed by atoms with E-state index in [2.05, 4.69) is 11.1 Å². The minimum absolute atomic E-state index is 0.216. The number of nitrogens with zero attached hydrogens (tertiary/aromatic N) is 2. The smallest absolute Gasteiger partial charge is 0.124 e. The molecule has 23 heavy (non-hydrogen) atoms. The fraction of sp³-hybridized carbons (Fsp3) is 0. The van der Waals surface area contributed by atoms with Crippen molar-refractivity contribution in [3.63, 3.8) is 0 Å². The van der Waals surface area contributed by atoms with Gasteiger partial charge >= 0.3 is 0 Å². The van der Waals surface area contributed by atoms with Crippen LogP contribution in [0.3, 0.4) is 0 Å². The van der Waals surface area contributed by atoms with Crippen LogP contribution in [0.1, 0.15) is 16.7 Å². The minimum Gasteiger partial charge on any atom is -0.507 e. The van der Waals surface area contributed by atoms with Crippen molar-refractivity contribution in [3.05, 3.63) is 83.6 Å². The molecule has 0 spiro atoms. The summed E-state index contributed by atoms with van der Waals surface area (Å²) in [6.07, 6.45) is 5.68. The van der Waals surface area contributed by atoms with Crippen LogP contribution >= 0.6 is 0 Å². The molecule has 0 unspecified atom stereocenters. The Morgan fingerprint density at radius 1 is 0.913 bits per heavy atom. The zero-order valence-electron chi connectivity index (χ0n) is 12.3. The summed E-state index contributed by atoms with van der Waals surface area (Å²) in [6.45, 7) is 0.